The van der Waals surface area contributed by atoms with Crippen LogP contribution >= 0.6 is 0 Å². The molecule has 1 saturated heterocycles. The minimum atomic E-state index is -3.53. The van der Waals surface area contributed by atoms with Gasteiger partial charge in [0.15, 0.2) is 5.58 Å². The number of nitrogen functional groups attached to an aromatic ring is 1. The van der Waals surface area contributed by atoms with E-state index >= 15 is 0 Å². The third-order valence-electron chi connectivity index (χ3n) is 5.22. The second kappa shape index (κ2) is 9.61. The zero-order valence-corrected chi connectivity index (χ0v) is 18.8. The minimum absolute atomic E-state index is 0.299. The van der Waals surface area contributed by atoms with Crippen molar-refractivity contribution >= 4 is 32.7 Å². The second-order valence-electron chi connectivity index (χ2n) is 7.41. The summed E-state index contributed by atoms with van der Waals surface area (Å²) in [5.74, 6) is 1.48. The summed E-state index contributed by atoms with van der Waals surface area (Å²) in [7, 11) is -3.53. The summed E-state index contributed by atoms with van der Waals surface area (Å²) in [5.41, 5.74) is 6.85. The summed E-state index contributed by atoms with van der Waals surface area (Å²) in [5, 5.41) is 4.72. The van der Waals surface area contributed by atoms with Gasteiger partial charge in [0, 0.05) is 38.0 Å². The molecule has 10 nitrogen and oxygen atoms in total. The van der Waals surface area contributed by atoms with Crippen molar-refractivity contribution < 1.29 is 22.4 Å². The minimum Gasteiger partial charge on any atom is -0.493 e. The molecule has 1 aliphatic heterocycles. The highest BCUT2D eigenvalue weighted by molar-refractivity contribution is 7.90. The van der Waals surface area contributed by atoms with Crippen LogP contribution in [0.5, 0.6) is 11.6 Å². The summed E-state index contributed by atoms with van der Waals surface area (Å²) in [4.78, 5) is 3.92. The van der Waals surface area contributed by atoms with Crippen LogP contribution in [0, 0.1) is 0 Å². The predicted molar refractivity (Wildman–Crippen MR) is 121 cm³/mol. The molecule has 0 saturated carbocycles. The first-order valence-electron chi connectivity index (χ1n) is 10.6. The van der Waals surface area contributed by atoms with Gasteiger partial charge in [0.2, 0.25) is 0 Å². The molecule has 4 rings (SSSR count). The number of fused-ring (bicyclic) bond motifs is 1. The van der Waals surface area contributed by atoms with Gasteiger partial charge in [0.05, 0.1) is 24.3 Å². The number of hydrogen-bond donors (Lipinski definition) is 1. The Labute approximate surface area is 187 Å². The van der Waals surface area contributed by atoms with E-state index in [0.717, 1.165) is 24.6 Å². The van der Waals surface area contributed by atoms with Crippen molar-refractivity contribution in [1.29, 1.82) is 0 Å². The fraction of sp³-hybridized carbons (Fsp3) is 0.429. The molecule has 0 unspecified atom stereocenters. The second-order valence-corrected chi connectivity index (χ2v) is 9.26. The van der Waals surface area contributed by atoms with Crippen LogP contribution in [0.25, 0.3) is 11.0 Å². The number of aromatic nitrogens is 2. The van der Waals surface area contributed by atoms with Crippen molar-refractivity contribution in [2.24, 2.45) is 0 Å². The molecule has 1 aromatic carbocycles. The highest BCUT2D eigenvalue weighted by Crippen LogP contribution is 2.29. The van der Waals surface area contributed by atoms with Gasteiger partial charge in [0.1, 0.15) is 11.6 Å². The molecule has 3 heterocycles. The van der Waals surface area contributed by atoms with Crippen molar-refractivity contribution in [3.8, 4) is 11.6 Å². The lowest BCUT2D eigenvalue weighted by Crippen LogP contribution is -2.33. The van der Waals surface area contributed by atoms with Gasteiger partial charge in [0.25, 0.3) is 5.88 Å². The standard InChI is InChI=1S/C21H27N5O5S/c1-2-29-21-18-7-6-17(15-19(18)31-24-21)30-13-5-3-4-10-25-11-12-26(32(25,27)28)16-8-9-23-20(22)14-16/h6-9,14-15H,2-5,10-13H2,1H3,(H2,22,23). The lowest BCUT2D eigenvalue weighted by Gasteiger charge is -2.20. The monoisotopic (exact) mass is 461 g/mol. The average molecular weight is 462 g/mol. The number of ether oxygens (including phenoxy) is 2. The van der Waals surface area contributed by atoms with Gasteiger partial charge in [-0.1, -0.05) is 0 Å². The van der Waals surface area contributed by atoms with E-state index in [1.165, 1.54) is 14.8 Å². The van der Waals surface area contributed by atoms with Gasteiger partial charge in [-0.25, -0.2) is 4.98 Å². The first-order valence-corrected chi connectivity index (χ1v) is 12.0. The van der Waals surface area contributed by atoms with Crippen LogP contribution in [0.1, 0.15) is 26.2 Å². The van der Waals surface area contributed by atoms with Gasteiger partial charge in [-0.15, -0.1) is 0 Å². The molecule has 0 aliphatic carbocycles. The van der Waals surface area contributed by atoms with E-state index < -0.39 is 10.2 Å². The summed E-state index contributed by atoms with van der Waals surface area (Å²) in [6, 6.07) is 8.75. The molecule has 2 aromatic heterocycles. The number of benzene rings is 1. The van der Waals surface area contributed by atoms with Crippen LogP contribution < -0.4 is 19.5 Å². The Morgan fingerprint density at radius 2 is 2.00 bits per heavy atom. The maximum Gasteiger partial charge on any atom is 0.304 e. The average Bonchev–Trinajstić information content (AvgIpc) is 3.30. The van der Waals surface area contributed by atoms with Crippen LogP contribution in [-0.2, 0) is 10.2 Å². The molecule has 1 fully saturated rings. The van der Waals surface area contributed by atoms with Gasteiger partial charge in [-0.2, -0.15) is 12.7 Å². The van der Waals surface area contributed by atoms with Gasteiger partial charge < -0.3 is 19.7 Å². The number of pyridine rings is 1. The number of unbranched alkanes of at least 4 members (excludes halogenated alkanes) is 2. The van der Waals surface area contributed by atoms with Crippen LogP contribution in [0.3, 0.4) is 0 Å². The Kier molecular flexibility index (Phi) is 6.66. The zero-order chi connectivity index (χ0) is 22.6. The number of anilines is 2. The molecule has 11 heteroatoms. The first-order chi connectivity index (χ1) is 15.5. The van der Waals surface area contributed by atoms with Crippen molar-refractivity contribution in [2.45, 2.75) is 26.2 Å². The fourth-order valence-electron chi connectivity index (χ4n) is 3.64. The summed E-state index contributed by atoms with van der Waals surface area (Å²) >= 11 is 0. The Morgan fingerprint density at radius 3 is 2.81 bits per heavy atom. The summed E-state index contributed by atoms with van der Waals surface area (Å²) < 4.78 is 45.0. The van der Waals surface area contributed by atoms with Crippen LogP contribution in [-0.4, -0.2) is 55.7 Å². The largest absolute Gasteiger partial charge is 0.493 e. The number of nitrogens with zero attached hydrogens (tertiary/aromatic N) is 4. The third kappa shape index (κ3) is 4.73. The SMILES string of the molecule is CCOc1noc2cc(OCCCCCN3CCN(c4ccnc(N)c4)S3(=O)=O)ccc12. The number of nitrogens with two attached hydrogens (primary N) is 1. The molecule has 0 bridgehead atoms. The van der Waals surface area contributed by atoms with Crippen LogP contribution in [0.4, 0.5) is 11.5 Å². The quantitative estimate of drug-likeness (QED) is 0.457. The highest BCUT2D eigenvalue weighted by Gasteiger charge is 2.36. The first kappa shape index (κ1) is 22.2. The lowest BCUT2D eigenvalue weighted by molar-refractivity contribution is 0.298. The molecule has 0 spiro atoms. The number of rotatable bonds is 10. The lowest BCUT2D eigenvalue weighted by atomic mass is 10.2. The predicted octanol–water partition coefficient (Wildman–Crippen LogP) is 2.82. The topological polar surface area (TPSA) is 124 Å². The maximum atomic E-state index is 12.8. The normalized spacial score (nSPS) is 16.0. The Balaban J connectivity index is 1.21. The zero-order valence-electron chi connectivity index (χ0n) is 17.9. The summed E-state index contributed by atoms with van der Waals surface area (Å²) in [6.45, 7) is 4.29. The Bertz CT molecular complexity index is 1170. The van der Waals surface area contributed by atoms with Gasteiger partial charge in [-0.3, -0.25) is 4.31 Å². The third-order valence-corrected chi connectivity index (χ3v) is 7.19. The maximum absolute atomic E-state index is 12.8. The molecule has 172 valence electrons. The van der Waals surface area contributed by atoms with E-state index in [2.05, 4.69) is 10.1 Å². The summed E-state index contributed by atoms with van der Waals surface area (Å²) in [6.07, 6.45) is 3.94. The Morgan fingerprint density at radius 1 is 1.12 bits per heavy atom. The molecule has 0 radical (unpaired) electrons. The molecule has 3 aromatic rings. The van der Waals surface area contributed by atoms with E-state index in [0.29, 0.717) is 61.6 Å². The van der Waals surface area contributed by atoms with E-state index in [-0.39, 0.29) is 0 Å². The van der Waals surface area contributed by atoms with Crippen molar-refractivity contribution in [1.82, 2.24) is 14.4 Å². The van der Waals surface area contributed by atoms with Crippen molar-refractivity contribution in [3.63, 3.8) is 0 Å². The van der Waals surface area contributed by atoms with Gasteiger partial charge >= 0.3 is 10.2 Å². The van der Waals surface area contributed by atoms with E-state index in [4.69, 9.17) is 19.7 Å². The molecule has 0 atom stereocenters. The molecule has 32 heavy (non-hydrogen) atoms. The van der Waals surface area contributed by atoms with Crippen LogP contribution in [0.2, 0.25) is 0 Å². The smallest absolute Gasteiger partial charge is 0.304 e. The molecule has 0 amide bonds. The van der Waals surface area contributed by atoms with Crippen molar-refractivity contribution in [2.75, 3.05) is 42.9 Å². The Hall–Kier alpha value is -3.05. The molecule has 2 N–H and O–H groups in total. The fourth-order valence-corrected chi connectivity index (χ4v) is 5.28. The van der Waals surface area contributed by atoms with E-state index in [1.807, 2.05) is 19.1 Å². The van der Waals surface area contributed by atoms with E-state index in [1.54, 1.807) is 18.2 Å². The molecular weight excluding hydrogens is 434 g/mol. The van der Waals surface area contributed by atoms with E-state index in [9.17, 15) is 8.42 Å². The molecule has 1 aliphatic rings. The van der Waals surface area contributed by atoms with Crippen LogP contribution in [0.15, 0.2) is 41.1 Å². The molecular formula is C21H27N5O5S. The number of hydrogen-bond acceptors (Lipinski definition) is 8. The van der Waals surface area contributed by atoms with Gasteiger partial charge in [-0.05, 0) is 49.5 Å². The highest BCUT2D eigenvalue weighted by atomic mass is 32.2. The van der Waals surface area contributed by atoms with Crippen molar-refractivity contribution in [3.05, 3.63) is 36.5 Å².